The van der Waals surface area contributed by atoms with Crippen LogP contribution in [0.15, 0.2) is 23.1 Å². The molecule has 1 aromatic heterocycles. The molecular formula is C11H14N2O. The highest BCUT2D eigenvalue weighted by molar-refractivity contribution is 5.62. The van der Waals surface area contributed by atoms with Crippen molar-refractivity contribution < 1.29 is 0 Å². The Morgan fingerprint density at radius 1 is 1.29 bits per heavy atom. The third-order valence-electron chi connectivity index (χ3n) is 2.56. The lowest BCUT2D eigenvalue weighted by molar-refractivity contribution is 0.720. The summed E-state index contributed by atoms with van der Waals surface area (Å²) in [5.74, 6) is 0. The first-order valence-electron chi connectivity index (χ1n) is 5.11. The zero-order valence-electron chi connectivity index (χ0n) is 8.12. The third-order valence-corrected chi connectivity index (χ3v) is 2.56. The van der Waals surface area contributed by atoms with Crippen LogP contribution in [0.5, 0.6) is 0 Å². The molecule has 0 saturated heterocycles. The van der Waals surface area contributed by atoms with Gasteiger partial charge in [0.05, 0.1) is 0 Å². The molecular weight excluding hydrogens is 176 g/mol. The number of nitrogens with one attached hydrogen (secondary N) is 1. The van der Waals surface area contributed by atoms with E-state index in [1.54, 1.807) is 6.20 Å². The Bertz CT molecular complexity index is 392. The van der Waals surface area contributed by atoms with Crippen LogP contribution in [0.4, 0.5) is 0 Å². The summed E-state index contributed by atoms with van der Waals surface area (Å²) in [5.41, 5.74) is 1.95. The normalized spacial score (nSPS) is 17.3. The molecule has 2 rings (SSSR count). The maximum atomic E-state index is 11.0. The zero-order valence-corrected chi connectivity index (χ0v) is 8.12. The molecule has 0 atom stereocenters. The quantitative estimate of drug-likeness (QED) is 0.737. The predicted octanol–water partition coefficient (Wildman–Crippen LogP) is 2.12. The lowest BCUT2D eigenvalue weighted by Crippen LogP contribution is -2.10. The van der Waals surface area contributed by atoms with Crippen molar-refractivity contribution in [2.45, 2.75) is 32.1 Å². The van der Waals surface area contributed by atoms with Gasteiger partial charge >= 0.3 is 5.69 Å². The Balaban J connectivity index is 2.29. The monoisotopic (exact) mass is 190 g/mol. The second kappa shape index (κ2) is 4.22. The van der Waals surface area contributed by atoms with E-state index >= 15 is 0 Å². The van der Waals surface area contributed by atoms with Crippen molar-refractivity contribution in [3.63, 3.8) is 0 Å². The summed E-state index contributed by atoms with van der Waals surface area (Å²) < 4.78 is 0. The first-order valence-corrected chi connectivity index (χ1v) is 5.11. The van der Waals surface area contributed by atoms with E-state index in [0.717, 1.165) is 18.5 Å². The Hall–Kier alpha value is -1.38. The lowest BCUT2D eigenvalue weighted by atomic mass is 10.1. The van der Waals surface area contributed by atoms with Gasteiger partial charge in [0.25, 0.3) is 0 Å². The van der Waals surface area contributed by atoms with Crippen LogP contribution in [-0.4, -0.2) is 9.97 Å². The van der Waals surface area contributed by atoms with Crippen molar-refractivity contribution >= 4 is 5.57 Å². The van der Waals surface area contributed by atoms with Crippen molar-refractivity contribution in [2.75, 3.05) is 0 Å². The molecule has 0 aliphatic heterocycles. The smallest absolute Gasteiger partial charge is 0.306 e. The van der Waals surface area contributed by atoms with Crippen LogP contribution < -0.4 is 5.69 Å². The van der Waals surface area contributed by atoms with E-state index in [0.29, 0.717) is 0 Å². The van der Waals surface area contributed by atoms with Crippen LogP contribution in [0, 0.1) is 0 Å². The van der Waals surface area contributed by atoms with Gasteiger partial charge in [-0.1, -0.05) is 12.5 Å². The summed E-state index contributed by atoms with van der Waals surface area (Å²) in [4.78, 5) is 17.4. The maximum absolute atomic E-state index is 11.0. The standard InChI is InChI=1S/C11H14N2O/c14-11-12-8-7-10(13-11)9-5-3-1-2-4-6-9/h5,7-8H,1-4,6H2,(H,12,13,14). The van der Waals surface area contributed by atoms with Crippen LogP contribution in [-0.2, 0) is 0 Å². The first kappa shape index (κ1) is 9.19. The number of allylic oxidation sites excluding steroid dienone is 2. The summed E-state index contributed by atoms with van der Waals surface area (Å²) in [6.07, 6.45) is 9.77. The largest absolute Gasteiger partial charge is 0.345 e. The maximum Gasteiger partial charge on any atom is 0.345 e. The summed E-state index contributed by atoms with van der Waals surface area (Å²) >= 11 is 0. The predicted molar refractivity (Wildman–Crippen MR) is 55.9 cm³/mol. The minimum Gasteiger partial charge on any atom is -0.306 e. The number of H-pyrrole nitrogens is 1. The summed E-state index contributed by atoms with van der Waals surface area (Å²) in [6, 6.07) is 1.87. The SMILES string of the molecule is O=c1nccc(C2=CCCCCC2)[nH]1. The summed E-state index contributed by atoms with van der Waals surface area (Å²) in [6.45, 7) is 0. The average Bonchev–Trinajstić information content (AvgIpc) is 2.45. The average molecular weight is 190 g/mol. The van der Waals surface area contributed by atoms with Gasteiger partial charge in [-0.3, -0.25) is 0 Å². The zero-order chi connectivity index (χ0) is 9.80. The van der Waals surface area contributed by atoms with Crippen molar-refractivity contribution in [3.05, 3.63) is 34.5 Å². The van der Waals surface area contributed by atoms with E-state index in [1.807, 2.05) is 6.07 Å². The Kier molecular flexibility index (Phi) is 2.77. The molecule has 1 N–H and O–H groups in total. The highest BCUT2D eigenvalue weighted by atomic mass is 16.1. The highest BCUT2D eigenvalue weighted by Crippen LogP contribution is 2.23. The minimum absolute atomic E-state index is 0.257. The molecule has 0 radical (unpaired) electrons. The van der Waals surface area contributed by atoms with E-state index in [2.05, 4.69) is 16.0 Å². The van der Waals surface area contributed by atoms with Crippen LogP contribution in [0.3, 0.4) is 0 Å². The van der Waals surface area contributed by atoms with Crippen molar-refractivity contribution in [1.82, 2.24) is 9.97 Å². The van der Waals surface area contributed by atoms with Crippen molar-refractivity contribution in [2.24, 2.45) is 0 Å². The van der Waals surface area contributed by atoms with Crippen LogP contribution >= 0.6 is 0 Å². The molecule has 0 fully saturated rings. The molecule has 1 heterocycles. The second-order valence-electron chi connectivity index (χ2n) is 3.62. The fraction of sp³-hybridized carbons (Fsp3) is 0.455. The fourth-order valence-corrected chi connectivity index (χ4v) is 1.82. The number of aromatic nitrogens is 2. The van der Waals surface area contributed by atoms with Crippen LogP contribution in [0.25, 0.3) is 5.57 Å². The lowest BCUT2D eigenvalue weighted by Gasteiger charge is -2.03. The summed E-state index contributed by atoms with van der Waals surface area (Å²) in [7, 11) is 0. The molecule has 14 heavy (non-hydrogen) atoms. The van der Waals surface area contributed by atoms with Gasteiger partial charge in [0.1, 0.15) is 0 Å². The number of rotatable bonds is 1. The Morgan fingerprint density at radius 2 is 2.21 bits per heavy atom. The molecule has 3 heteroatoms. The fourth-order valence-electron chi connectivity index (χ4n) is 1.82. The molecule has 0 amide bonds. The van der Waals surface area contributed by atoms with Gasteiger partial charge in [0.15, 0.2) is 0 Å². The Morgan fingerprint density at radius 3 is 3.07 bits per heavy atom. The van der Waals surface area contributed by atoms with E-state index in [1.165, 1.54) is 24.8 Å². The molecule has 0 spiro atoms. The molecule has 1 aromatic rings. The third kappa shape index (κ3) is 2.10. The van der Waals surface area contributed by atoms with Gasteiger partial charge in [0, 0.05) is 11.9 Å². The van der Waals surface area contributed by atoms with E-state index in [-0.39, 0.29) is 5.69 Å². The Labute approximate surface area is 82.9 Å². The second-order valence-corrected chi connectivity index (χ2v) is 3.62. The van der Waals surface area contributed by atoms with E-state index < -0.39 is 0 Å². The van der Waals surface area contributed by atoms with Gasteiger partial charge < -0.3 is 4.98 Å². The molecule has 0 aromatic carbocycles. The molecule has 0 saturated carbocycles. The number of hydrogen-bond donors (Lipinski definition) is 1. The first-order chi connectivity index (χ1) is 6.86. The number of aromatic amines is 1. The molecule has 1 aliphatic carbocycles. The van der Waals surface area contributed by atoms with Gasteiger partial charge in [0.2, 0.25) is 0 Å². The van der Waals surface area contributed by atoms with E-state index in [9.17, 15) is 4.79 Å². The molecule has 0 unspecified atom stereocenters. The van der Waals surface area contributed by atoms with Crippen molar-refractivity contribution in [3.8, 4) is 0 Å². The van der Waals surface area contributed by atoms with Crippen LogP contribution in [0.1, 0.15) is 37.8 Å². The topological polar surface area (TPSA) is 45.8 Å². The highest BCUT2D eigenvalue weighted by Gasteiger charge is 2.05. The number of nitrogens with zero attached hydrogens (tertiary/aromatic N) is 1. The van der Waals surface area contributed by atoms with Gasteiger partial charge in [-0.2, -0.15) is 0 Å². The molecule has 0 bridgehead atoms. The minimum atomic E-state index is -0.257. The van der Waals surface area contributed by atoms with Crippen LogP contribution in [0.2, 0.25) is 0 Å². The van der Waals surface area contributed by atoms with Gasteiger partial charge in [-0.15, -0.1) is 0 Å². The van der Waals surface area contributed by atoms with Gasteiger partial charge in [-0.25, -0.2) is 9.78 Å². The van der Waals surface area contributed by atoms with Crippen molar-refractivity contribution in [1.29, 1.82) is 0 Å². The molecule has 74 valence electrons. The van der Waals surface area contributed by atoms with Gasteiger partial charge in [-0.05, 0) is 37.3 Å². The summed E-state index contributed by atoms with van der Waals surface area (Å²) in [5, 5.41) is 0. The van der Waals surface area contributed by atoms with E-state index in [4.69, 9.17) is 0 Å². The molecule has 1 aliphatic rings. The number of hydrogen-bond acceptors (Lipinski definition) is 2. The molecule has 3 nitrogen and oxygen atoms in total.